The average molecular weight is 339 g/mol. The van der Waals surface area contributed by atoms with E-state index in [2.05, 4.69) is 4.98 Å². The Bertz CT molecular complexity index is 744. The number of aryl methyl sites for hydroxylation is 2. The molecule has 1 saturated heterocycles. The number of hydrogen-bond donors (Lipinski definition) is 1. The highest BCUT2D eigenvalue weighted by Gasteiger charge is 2.24. The Morgan fingerprint density at radius 3 is 2.00 bits per heavy atom. The van der Waals surface area contributed by atoms with Crippen LogP contribution in [-0.4, -0.2) is 52.8 Å². The Labute approximate surface area is 148 Å². The maximum atomic E-state index is 12.5. The maximum absolute atomic E-state index is 12.5. The highest BCUT2D eigenvalue weighted by Crippen LogP contribution is 2.13. The molecule has 1 aliphatic rings. The van der Waals surface area contributed by atoms with Crippen LogP contribution in [0.4, 0.5) is 0 Å². The number of benzene rings is 1. The van der Waals surface area contributed by atoms with Gasteiger partial charge in [0.15, 0.2) is 0 Å². The van der Waals surface area contributed by atoms with E-state index in [9.17, 15) is 9.59 Å². The van der Waals surface area contributed by atoms with Gasteiger partial charge in [-0.1, -0.05) is 30.3 Å². The number of carbonyl (C=O) groups excluding carboxylic acids is 2. The van der Waals surface area contributed by atoms with Crippen molar-refractivity contribution >= 4 is 11.8 Å². The van der Waals surface area contributed by atoms with Crippen molar-refractivity contribution in [3.05, 3.63) is 58.9 Å². The van der Waals surface area contributed by atoms with Gasteiger partial charge in [0.2, 0.25) is 11.8 Å². The molecule has 5 nitrogen and oxygen atoms in total. The van der Waals surface area contributed by atoms with Gasteiger partial charge < -0.3 is 14.8 Å². The minimum atomic E-state index is 0.135. The van der Waals surface area contributed by atoms with Crippen LogP contribution in [0.25, 0.3) is 0 Å². The molecule has 1 aliphatic heterocycles. The first-order valence-electron chi connectivity index (χ1n) is 8.77. The Hall–Kier alpha value is -2.56. The molecule has 0 unspecified atom stereocenters. The van der Waals surface area contributed by atoms with Crippen molar-refractivity contribution in [2.24, 2.45) is 0 Å². The monoisotopic (exact) mass is 339 g/mol. The van der Waals surface area contributed by atoms with E-state index < -0.39 is 0 Å². The summed E-state index contributed by atoms with van der Waals surface area (Å²) in [5, 5.41) is 0. The third-order valence-corrected chi connectivity index (χ3v) is 4.78. The summed E-state index contributed by atoms with van der Waals surface area (Å²) in [6.07, 6.45) is 0.852. The highest BCUT2D eigenvalue weighted by molar-refractivity contribution is 5.81. The van der Waals surface area contributed by atoms with Crippen molar-refractivity contribution in [2.75, 3.05) is 26.2 Å². The van der Waals surface area contributed by atoms with E-state index in [1.54, 1.807) is 0 Å². The fourth-order valence-electron chi connectivity index (χ4n) is 3.33. The molecule has 25 heavy (non-hydrogen) atoms. The molecule has 2 heterocycles. The summed E-state index contributed by atoms with van der Waals surface area (Å²) in [5.41, 5.74) is 4.23. The summed E-state index contributed by atoms with van der Waals surface area (Å²) >= 11 is 0. The van der Waals surface area contributed by atoms with Crippen LogP contribution in [0.1, 0.15) is 22.5 Å². The molecule has 132 valence electrons. The zero-order valence-corrected chi connectivity index (χ0v) is 14.9. The Kier molecular flexibility index (Phi) is 5.22. The lowest BCUT2D eigenvalue weighted by molar-refractivity contribution is -0.138. The van der Waals surface area contributed by atoms with Crippen LogP contribution in [0.5, 0.6) is 0 Å². The van der Waals surface area contributed by atoms with E-state index in [0.717, 1.165) is 22.5 Å². The number of piperazine rings is 1. The molecule has 2 amide bonds. The normalized spacial score (nSPS) is 14.6. The van der Waals surface area contributed by atoms with Gasteiger partial charge in [0.25, 0.3) is 0 Å². The van der Waals surface area contributed by atoms with Crippen molar-refractivity contribution in [3.63, 3.8) is 0 Å². The second kappa shape index (κ2) is 7.55. The van der Waals surface area contributed by atoms with Gasteiger partial charge in [-0.3, -0.25) is 9.59 Å². The van der Waals surface area contributed by atoms with Crippen LogP contribution < -0.4 is 0 Å². The van der Waals surface area contributed by atoms with Gasteiger partial charge in [0.1, 0.15) is 0 Å². The van der Waals surface area contributed by atoms with Crippen molar-refractivity contribution in [2.45, 2.75) is 26.7 Å². The van der Waals surface area contributed by atoms with Crippen molar-refractivity contribution in [1.29, 1.82) is 0 Å². The summed E-state index contributed by atoms with van der Waals surface area (Å²) in [5.74, 6) is 0.271. The fourth-order valence-corrected chi connectivity index (χ4v) is 3.33. The summed E-state index contributed by atoms with van der Waals surface area (Å²) in [4.78, 5) is 31.9. The number of H-pyrrole nitrogens is 1. The van der Waals surface area contributed by atoms with Gasteiger partial charge in [-0.25, -0.2) is 0 Å². The molecule has 1 aromatic heterocycles. The number of aromatic nitrogens is 1. The van der Waals surface area contributed by atoms with Gasteiger partial charge in [0.05, 0.1) is 12.8 Å². The second-order valence-electron chi connectivity index (χ2n) is 6.70. The van der Waals surface area contributed by atoms with Crippen molar-refractivity contribution in [1.82, 2.24) is 14.8 Å². The van der Waals surface area contributed by atoms with Gasteiger partial charge in [-0.2, -0.15) is 0 Å². The van der Waals surface area contributed by atoms with Crippen LogP contribution in [-0.2, 0) is 22.4 Å². The fraction of sp³-hybridized carbons (Fsp3) is 0.400. The first-order valence-corrected chi connectivity index (χ1v) is 8.77. The molecule has 1 aromatic carbocycles. The molecule has 0 bridgehead atoms. The van der Waals surface area contributed by atoms with Crippen LogP contribution in [0.3, 0.4) is 0 Å². The van der Waals surface area contributed by atoms with E-state index in [1.165, 1.54) is 0 Å². The Balaban J connectivity index is 1.50. The molecule has 5 heteroatoms. The molecule has 3 rings (SSSR count). The molecule has 0 saturated carbocycles. The maximum Gasteiger partial charge on any atom is 0.227 e. The zero-order valence-electron chi connectivity index (χ0n) is 14.9. The summed E-state index contributed by atoms with van der Waals surface area (Å²) in [6.45, 7) is 6.45. The molecule has 0 radical (unpaired) electrons. The lowest BCUT2D eigenvalue weighted by atomic mass is 10.1. The molecule has 0 atom stereocenters. The Morgan fingerprint density at radius 2 is 1.48 bits per heavy atom. The van der Waals surface area contributed by atoms with E-state index >= 15 is 0 Å². The molecule has 1 fully saturated rings. The van der Waals surface area contributed by atoms with Gasteiger partial charge >= 0.3 is 0 Å². The SMILES string of the molecule is Cc1cc(CC(=O)N2CCN(C(=O)Cc3ccccc3)CC2)c(C)[nH]1. The molecular weight excluding hydrogens is 314 g/mol. The number of amides is 2. The van der Waals surface area contributed by atoms with Crippen molar-refractivity contribution < 1.29 is 9.59 Å². The molecule has 1 N–H and O–H groups in total. The highest BCUT2D eigenvalue weighted by atomic mass is 16.2. The standard InChI is InChI=1S/C20H25N3O2/c1-15-12-18(16(2)21-15)14-20(25)23-10-8-22(9-11-23)19(24)13-17-6-4-3-5-7-17/h3-7,12,21H,8-11,13-14H2,1-2H3. The number of nitrogens with one attached hydrogen (secondary N) is 1. The van der Waals surface area contributed by atoms with Crippen molar-refractivity contribution in [3.8, 4) is 0 Å². The Morgan fingerprint density at radius 1 is 0.920 bits per heavy atom. The summed E-state index contributed by atoms with van der Waals surface area (Å²) in [6, 6.07) is 11.8. The zero-order chi connectivity index (χ0) is 17.8. The number of nitrogens with zero attached hydrogens (tertiary/aromatic N) is 2. The minimum Gasteiger partial charge on any atom is -0.362 e. The van der Waals surface area contributed by atoms with Crippen LogP contribution in [0.2, 0.25) is 0 Å². The lowest BCUT2D eigenvalue weighted by Gasteiger charge is -2.35. The average Bonchev–Trinajstić information content (AvgIpc) is 2.93. The van der Waals surface area contributed by atoms with E-state index in [0.29, 0.717) is 39.0 Å². The lowest BCUT2D eigenvalue weighted by Crippen LogP contribution is -2.51. The van der Waals surface area contributed by atoms with Crippen LogP contribution >= 0.6 is 0 Å². The summed E-state index contributed by atoms with van der Waals surface area (Å²) in [7, 11) is 0. The smallest absolute Gasteiger partial charge is 0.227 e. The van der Waals surface area contributed by atoms with E-state index in [-0.39, 0.29) is 11.8 Å². The predicted molar refractivity (Wildman–Crippen MR) is 97.3 cm³/mol. The molecular formula is C20H25N3O2. The number of rotatable bonds is 4. The quantitative estimate of drug-likeness (QED) is 0.927. The molecule has 0 spiro atoms. The second-order valence-corrected chi connectivity index (χ2v) is 6.70. The van der Waals surface area contributed by atoms with Crippen LogP contribution in [0.15, 0.2) is 36.4 Å². The molecule has 2 aromatic rings. The third kappa shape index (κ3) is 4.29. The molecule has 0 aliphatic carbocycles. The van der Waals surface area contributed by atoms with Gasteiger partial charge in [0, 0.05) is 37.6 Å². The number of hydrogen-bond acceptors (Lipinski definition) is 2. The first kappa shape index (κ1) is 17.3. The topological polar surface area (TPSA) is 56.4 Å². The van der Waals surface area contributed by atoms with Gasteiger partial charge in [-0.05, 0) is 31.0 Å². The predicted octanol–water partition coefficient (Wildman–Crippen LogP) is 2.09. The largest absolute Gasteiger partial charge is 0.362 e. The van der Waals surface area contributed by atoms with Crippen LogP contribution in [0, 0.1) is 13.8 Å². The third-order valence-electron chi connectivity index (χ3n) is 4.78. The minimum absolute atomic E-state index is 0.135. The van der Waals surface area contributed by atoms with E-state index in [4.69, 9.17) is 0 Å². The number of aromatic amines is 1. The summed E-state index contributed by atoms with van der Waals surface area (Å²) < 4.78 is 0. The number of carbonyl (C=O) groups is 2. The first-order chi connectivity index (χ1) is 12.0. The van der Waals surface area contributed by atoms with E-state index in [1.807, 2.05) is 60.0 Å². The van der Waals surface area contributed by atoms with Gasteiger partial charge in [-0.15, -0.1) is 0 Å².